The third-order valence-electron chi connectivity index (χ3n) is 3.81. The first kappa shape index (κ1) is 13.3. The molecule has 0 spiro atoms. The second-order valence-corrected chi connectivity index (χ2v) is 5.12. The Morgan fingerprint density at radius 3 is 2.48 bits per heavy atom. The molecule has 0 aromatic heterocycles. The van der Waals surface area contributed by atoms with Crippen molar-refractivity contribution < 1.29 is 9.72 Å². The number of fused-ring (bicyclic) bond motifs is 1. The van der Waals surface area contributed by atoms with Gasteiger partial charge >= 0.3 is 0 Å². The van der Waals surface area contributed by atoms with Gasteiger partial charge in [0.15, 0.2) is 0 Å². The number of nitrogens with zero attached hydrogens (tertiary/aromatic N) is 1. The number of carbonyl (C=O) groups excluding carboxylic acids is 1. The summed E-state index contributed by atoms with van der Waals surface area (Å²) in [7, 11) is 0. The van der Waals surface area contributed by atoms with E-state index >= 15 is 0 Å². The standard InChI is InChI=1S/C16H14N2O3/c1-10-6-5-9-12-13(10)17-14(11-7-3-2-4-8-11)15(16(12)19)18(20)21/h2-9,14-15,17H,1H3/t14-,15-/m0/s1. The number of carbonyl (C=O) groups is 1. The topological polar surface area (TPSA) is 72.2 Å². The monoisotopic (exact) mass is 282 g/mol. The summed E-state index contributed by atoms with van der Waals surface area (Å²) in [5.74, 6) is -0.439. The van der Waals surface area contributed by atoms with Crippen LogP contribution < -0.4 is 5.32 Å². The molecule has 0 unspecified atom stereocenters. The van der Waals surface area contributed by atoms with E-state index in [9.17, 15) is 14.9 Å². The highest BCUT2D eigenvalue weighted by molar-refractivity contribution is 6.07. The molecular weight excluding hydrogens is 268 g/mol. The highest BCUT2D eigenvalue weighted by Gasteiger charge is 2.45. The van der Waals surface area contributed by atoms with Crippen LogP contribution in [-0.4, -0.2) is 16.7 Å². The Morgan fingerprint density at radius 2 is 1.81 bits per heavy atom. The van der Waals surface area contributed by atoms with Gasteiger partial charge in [-0.25, -0.2) is 0 Å². The lowest BCUT2D eigenvalue weighted by Crippen LogP contribution is -2.43. The van der Waals surface area contributed by atoms with E-state index in [-0.39, 0.29) is 0 Å². The number of anilines is 1. The van der Waals surface area contributed by atoms with Gasteiger partial charge in [0.25, 0.3) is 6.04 Å². The van der Waals surface area contributed by atoms with Gasteiger partial charge in [-0.2, -0.15) is 0 Å². The summed E-state index contributed by atoms with van der Waals surface area (Å²) in [5, 5.41) is 14.6. The van der Waals surface area contributed by atoms with E-state index in [0.717, 1.165) is 11.1 Å². The van der Waals surface area contributed by atoms with Crippen LogP contribution in [0.5, 0.6) is 0 Å². The molecule has 0 saturated heterocycles. The third-order valence-corrected chi connectivity index (χ3v) is 3.81. The normalized spacial score (nSPS) is 20.5. The van der Waals surface area contributed by atoms with Crippen LogP contribution in [0.2, 0.25) is 0 Å². The first-order valence-corrected chi connectivity index (χ1v) is 6.68. The summed E-state index contributed by atoms with van der Waals surface area (Å²) >= 11 is 0. The van der Waals surface area contributed by atoms with E-state index in [1.807, 2.05) is 31.2 Å². The van der Waals surface area contributed by atoms with Crippen molar-refractivity contribution in [1.82, 2.24) is 0 Å². The first-order valence-electron chi connectivity index (χ1n) is 6.68. The lowest BCUT2D eigenvalue weighted by molar-refractivity contribution is -0.508. The minimum Gasteiger partial charge on any atom is -0.371 e. The van der Waals surface area contributed by atoms with Gasteiger partial charge < -0.3 is 5.32 Å². The summed E-state index contributed by atoms with van der Waals surface area (Å²) in [4.78, 5) is 23.4. The van der Waals surface area contributed by atoms with Gasteiger partial charge in [-0.05, 0) is 24.1 Å². The van der Waals surface area contributed by atoms with Crippen molar-refractivity contribution >= 4 is 11.5 Å². The molecule has 2 atom stereocenters. The largest absolute Gasteiger partial charge is 0.371 e. The predicted molar refractivity (Wildman–Crippen MR) is 79.1 cm³/mol. The van der Waals surface area contributed by atoms with Gasteiger partial charge in [0, 0.05) is 16.2 Å². The molecule has 0 amide bonds. The molecule has 1 heterocycles. The van der Waals surface area contributed by atoms with Crippen LogP contribution in [0.15, 0.2) is 48.5 Å². The zero-order chi connectivity index (χ0) is 15.0. The molecule has 1 aliphatic rings. The van der Waals surface area contributed by atoms with Crippen LogP contribution >= 0.6 is 0 Å². The second kappa shape index (κ2) is 5.01. The predicted octanol–water partition coefficient (Wildman–Crippen LogP) is 2.99. The molecule has 106 valence electrons. The molecule has 21 heavy (non-hydrogen) atoms. The Balaban J connectivity index is 2.15. The summed E-state index contributed by atoms with van der Waals surface area (Å²) in [5.41, 5.74) is 2.73. The number of benzene rings is 2. The molecular formula is C16H14N2O3. The Hall–Kier alpha value is -2.69. The molecule has 1 N–H and O–H groups in total. The zero-order valence-corrected chi connectivity index (χ0v) is 11.4. The molecule has 0 saturated carbocycles. The smallest absolute Gasteiger partial charge is 0.298 e. The van der Waals surface area contributed by atoms with Crippen molar-refractivity contribution in [3.05, 3.63) is 75.3 Å². The molecule has 2 aromatic carbocycles. The molecule has 1 aliphatic heterocycles. The maximum Gasteiger partial charge on any atom is 0.298 e. The number of nitro groups is 1. The van der Waals surface area contributed by atoms with Crippen molar-refractivity contribution in [1.29, 1.82) is 0 Å². The van der Waals surface area contributed by atoms with Crippen molar-refractivity contribution in [2.24, 2.45) is 0 Å². The zero-order valence-electron chi connectivity index (χ0n) is 11.4. The quantitative estimate of drug-likeness (QED) is 0.679. The Morgan fingerprint density at radius 1 is 1.10 bits per heavy atom. The average Bonchev–Trinajstić information content (AvgIpc) is 2.48. The summed E-state index contributed by atoms with van der Waals surface area (Å²) < 4.78 is 0. The Labute approximate surface area is 121 Å². The minimum absolute atomic E-state index is 0.392. The van der Waals surface area contributed by atoms with Crippen LogP contribution in [-0.2, 0) is 0 Å². The number of para-hydroxylation sites is 1. The number of ketones is 1. The molecule has 3 rings (SSSR count). The lowest BCUT2D eigenvalue weighted by Gasteiger charge is -2.29. The molecule has 2 aromatic rings. The molecule has 0 fully saturated rings. The van der Waals surface area contributed by atoms with Crippen LogP contribution in [0.3, 0.4) is 0 Å². The SMILES string of the molecule is Cc1cccc2c1N[C@@H](c1ccccc1)[C@H]([N+](=O)[O-])C2=O. The van der Waals surface area contributed by atoms with E-state index < -0.39 is 22.8 Å². The minimum atomic E-state index is -1.30. The molecule has 5 heteroatoms. The van der Waals surface area contributed by atoms with Crippen LogP contribution in [0, 0.1) is 17.0 Å². The van der Waals surface area contributed by atoms with Gasteiger partial charge in [-0.3, -0.25) is 14.9 Å². The van der Waals surface area contributed by atoms with E-state index in [1.165, 1.54) is 0 Å². The number of nitrogens with one attached hydrogen (secondary N) is 1. The molecule has 0 radical (unpaired) electrons. The van der Waals surface area contributed by atoms with Gasteiger partial charge in [0.2, 0.25) is 5.78 Å². The fraction of sp³-hybridized carbons (Fsp3) is 0.188. The van der Waals surface area contributed by atoms with Gasteiger partial charge in [-0.15, -0.1) is 0 Å². The fourth-order valence-corrected chi connectivity index (χ4v) is 2.75. The van der Waals surface area contributed by atoms with Crippen molar-refractivity contribution in [3.63, 3.8) is 0 Å². The highest BCUT2D eigenvalue weighted by Crippen LogP contribution is 2.35. The first-order chi connectivity index (χ1) is 10.1. The van der Waals surface area contributed by atoms with Crippen molar-refractivity contribution in [3.8, 4) is 0 Å². The van der Waals surface area contributed by atoms with E-state index in [0.29, 0.717) is 11.3 Å². The number of rotatable bonds is 2. The van der Waals surface area contributed by atoms with Gasteiger partial charge in [0.05, 0.1) is 0 Å². The van der Waals surface area contributed by atoms with Crippen molar-refractivity contribution in [2.45, 2.75) is 19.0 Å². The molecule has 5 nitrogen and oxygen atoms in total. The number of aryl methyl sites for hydroxylation is 1. The van der Waals surface area contributed by atoms with E-state index in [2.05, 4.69) is 5.32 Å². The maximum atomic E-state index is 12.5. The van der Waals surface area contributed by atoms with Gasteiger partial charge in [-0.1, -0.05) is 42.5 Å². The maximum absolute atomic E-state index is 12.5. The van der Waals surface area contributed by atoms with Gasteiger partial charge in [0.1, 0.15) is 6.04 Å². The summed E-state index contributed by atoms with van der Waals surface area (Å²) in [6.45, 7) is 1.88. The van der Waals surface area contributed by atoms with Crippen LogP contribution in [0.1, 0.15) is 27.5 Å². The molecule has 0 aliphatic carbocycles. The Kier molecular flexibility index (Phi) is 3.17. The van der Waals surface area contributed by atoms with E-state index in [1.54, 1.807) is 24.3 Å². The van der Waals surface area contributed by atoms with Crippen molar-refractivity contribution in [2.75, 3.05) is 5.32 Å². The number of hydrogen-bond donors (Lipinski definition) is 1. The lowest BCUT2D eigenvalue weighted by atomic mass is 9.87. The molecule has 0 bridgehead atoms. The second-order valence-electron chi connectivity index (χ2n) is 5.12. The fourth-order valence-electron chi connectivity index (χ4n) is 2.75. The summed E-state index contributed by atoms with van der Waals surface area (Å²) in [6.07, 6.45) is 0. The number of Topliss-reactive ketones (excluding diaryl/α,β-unsaturated/α-hetero) is 1. The third kappa shape index (κ3) is 2.16. The highest BCUT2D eigenvalue weighted by atomic mass is 16.6. The van der Waals surface area contributed by atoms with Crippen LogP contribution in [0.25, 0.3) is 0 Å². The number of hydrogen-bond acceptors (Lipinski definition) is 4. The van der Waals surface area contributed by atoms with Crippen LogP contribution in [0.4, 0.5) is 5.69 Å². The Bertz CT molecular complexity index is 713. The average molecular weight is 282 g/mol. The van der Waals surface area contributed by atoms with E-state index in [4.69, 9.17) is 0 Å². The summed E-state index contributed by atoms with van der Waals surface area (Å²) in [6, 6.07) is 12.4.